The number of thiazole rings is 1. The van der Waals surface area contributed by atoms with Gasteiger partial charge < -0.3 is 0 Å². The molecule has 5 nitrogen and oxygen atoms in total. The molecule has 0 fully saturated rings. The number of halogens is 3. The Kier molecular flexibility index (Phi) is 5.94. The average molecular weight is 465 g/mol. The van der Waals surface area contributed by atoms with E-state index in [0.29, 0.717) is 16.7 Å². The number of rotatable bonds is 6. The van der Waals surface area contributed by atoms with Gasteiger partial charge in [0, 0.05) is 5.25 Å². The number of benzene rings is 2. The molecule has 0 bridgehead atoms. The van der Waals surface area contributed by atoms with Gasteiger partial charge in [0.25, 0.3) is 0 Å². The molecule has 1 atom stereocenters. The van der Waals surface area contributed by atoms with E-state index in [1.165, 1.54) is 17.8 Å². The van der Waals surface area contributed by atoms with Crippen molar-refractivity contribution in [1.29, 1.82) is 0 Å². The second-order valence-electron chi connectivity index (χ2n) is 7.04. The van der Waals surface area contributed by atoms with Crippen molar-refractivity contribution in [1.82, 2.24) is 19.3 Å². The number of hydrogen-bond acceptors (Lipinski definition) is 5. The van der Waals surface area contributed by atoms with Gasteiger partial charge >= 0.3 is 11.0 Å². The van der Waals surface area contributed by atoms with Crippen LogP contribution in [0.4, 0.5) is 13.2 Å². The number of alkyl halides is 3. The third-order valence-corrected chi connectivity index (χ3v) is 7.06. The molecule has 0 N–H and O–H groups in total. The van der Waals surface area contributed by atoms with Gasteiger partial charge in [0.15, 0.2) is 11.0 Å². The van der Waals surface area contributed by atoms with Gasteiger partial charge in [-0.2, -0.15) is 13.2 Å². The van der Waals surface area contributed by atoms with E-state index >= 15 is 0 Å². The van der Waals surface area contributed by atoms with Crippen LogP contribution in [0.1, 0.15) is 31.7 Å². The maximum absolute atomic E-state index is 13.3. The van der Waals surface area contributed by atoms with E-state index in [-0.39, 0.29) is 16.7 Å². The molecule has 0 aliphatic rings. The number of nitrogens with zero attached hydrogens (tertiary/aromatic N) is 4. The number of para-hydroxylation sites is 1. The Bertz CT molecular complexity index is 1280. The van der Waals surface area contributed by atoms with E-state index in [1.54, 1.807) is 15.2 Å². The van der Waals surface area contributed by atoms with Crippen LogP contribution in [0.3, 0.4) is 0 Å². The van der Waals surface area contributed by atoms with Crippen LogP contribution in [0.2, 0.25) is 0 Å². The first kappa shape index (κ1) is 21.6. The van der Waals surface area contributed by atoms with E-state index in [2.05, 4.69) is 10.2 Å². The Morgan fingerprint density at radius 3 is 2.65 bits per heavy atom. The van der Waals surface area contributed by atoms with Crippen LogP contribution in [-0.2, 0) is 12.7 Å². The lowest BCUT2D eigenvalue weighted by molar-refractivity contribution is -0.137. The van der Waals surface area contributed by atoms with Crippen molar-refractivity contribution in [3.8, 4) is 5.69 Å². The van der Waals surface area contributed by atoms with Crippen LogP contribution in [-0.4, -0.2) is 24.6 Å². The summed E-state index contributed by atoms with van der Waals surface area (Å²) in [5, 5.41) is 9.19. The molecule has 0 saturated heterocycles. The summed E-state index contributed by atoms with van der Waals surface area (Å²) in [6, 6.07) is 12.5. The molecule has 0 radical (unpaired) electrons. The lowest BCUT2D eigenvalue weighted by Crippen LogP contribution is -2.17. The molecule has 0 unspecified atom stereocenters. The third kappa shape index (κ3) is 4.40. The summed E-state index contributed by atoms with van der Waals surface area (Å²) < 4.78 is 44.0. The Morgan fingerprint density at radius 1 is 1.13 bits per heavy atom. The molecule has 2 heterocycles. The second-order valence-corrected chi connectivity index (χ2v) is 9.44. The molecule has 4 aromatic rings. The normalized spacial score (nSPS) is 13.1. The molecule has 0 saturated carbocycles. The Hall–Kier alpha value is -2.59. The van der Waals surface area contributed by atoms with Crippen molar-refractivity contribution in [2.45, 2.75) is 43.4 Å². The van der Waals surface area contributed by atoms with Crippen LogP contribution in [0.15, 0.2) is 58.5 Å². The maximum atomic E-state index is 13.3. The molecule has 10 heteroatoms. The zero-order chi connectivity index (χ0) is 22.2. The SMILES string of the molecule is CC[C@H](C)Sc1nnc(Cn2c(=O)sc3ccccc32)n1-c1cccc(C(F)(F)F)c1. The maximum Gasteiger partial charge on any atom is 0.416 e. The van der Waals surface area contributed by atoms with Crippen LogP contribution in [0.25, 0.3) is 15.9 Å². The van der Waals surface area contributed by atoms with Gasteiger partial charge in [-0.15, -0.1) is 10.2 Å². The molecular formula is C21H19F3N4OS2. The Labute approximate surface area is 184 Å². The number of aromatic nitrogens is 4. The monoisotopic (exact) mass is 464 g/mol. The predicted octanol–water partition coefficient (Wildman–Crippen LogP) is 5.60. The summed E-state index contributed by atoms with van der Waals surface area (Å²) in [5.41, 5.74) is 0.322. The molecule has 0 aliphatic carbocycles. The minimum absolute atomic E-state index is 0.104. The van der Waals surface area contributed by atoms with Crippen LogP contribution >= 0.6 is 23.1 Å². The second kappa shape index (κ2) is 8.51. The highest BCUT2D eigenvalue weighted by Crippen LogP contribution is 2.33. The first-order valence-electron chi connectivity index (χ1n) is 9.65. The number of fused-ring (bicyclic) bond motifs is 1. The fourth-order valence-corrected chi connectivity index (χ4v) is 4.95. The van der Waals surface area contributed by atoms with E-state index < -0.39 is 11.7 Å². The summed E-state index contributed by atoms with van der Waals surface area (Å²) in [6.07, 6.45) is -3.60. The fourth-order valence-electron chi connectivity index (χ4n) is 3.13. The molecule has 2 aromatic heterocycles. The first-order valence-corrected chi connectivity index (χ1v) is 11.3. The highest BCUT2D eigenvalue weighted by molar-refractivity contribution is 7.99. The fraction of sp³-hybridized carbons (Fsp3) is 0.286. The lowest BCUT2D eigenvalue weighted by Gasteiger charge is -2.15. The summed E-state index contributed by atoms with van der Waals surface area (Å²) in [4.78, 5) is 12.4. The predicted molar refractivity (Wildman–Crippen MR) is 117 cm³/mol. The summed E-state index contributed by atoms with van der Waals surface area (Å²) >= 11 is 2.57. The average Bonchev–Trinajstić information content (AvgIpc) is 3.28. The van der Waals surface area contributed by atoms with Gasteiger partial charge in [-0.25, -0.2) is 0 Å². The smallest absolute Gasteiger partial charge is 0.291 e. The standard InChI is InChI=1S/C21H19F3N4OS2/c1-3-13(2)30-19-26-25-18(12-27-16-9-4-5-10-17(16)31-20(27)29)28(19)15-8-6-7-14(11-15)21(22,23)24/h4-11,13H,3,12H2,1-2H3/t13-/m0/s1. The van der Waals surface area contributed by atoms with E-state index in [9.17, 15) is 18.0 Å². The van der Waals surface area contributed by atoms with E-state index in [4.69, 9.17) is 0 Å². The van der Waals surface area contributed by atoms with Crippen molar-refractivity contribution in [3.05, 3.63) is 69.6 Å². The summed E-state index contributed by atoms with van der Waals surface area (Å²) in [7, 11) is 0. The minimum atomic E-state index is -4.46. The van der Waals surface area contributed by atoms with Gasteiger partial charge in [-0.1, -0.05) is 55.1 Å². The van der Waals surface area contributed by atoms with Crippen molar-refractivity contribution in [2.24, 2.45) is 0 Å². The molecule has 162 valence electrons. The van der Waals surface area contributed by atoms with Gasteiger partial charge in [0.2, 0.25) is 0 Å². The molecule has 0 spiro atoms. The van der Waals surface area contributed by atoms with Crippen molar-refractivity contribution < 1.29 is 13.2 Å². The topological polar surface area (TPSA) is 52.7 Å². The lowest BCUT2D eigenvalue weighted by atomic mass is 10.2. The molecule has 2 aromatic carbocycles. The minimum Gasteiger partial charge on any atom is -0.291 e. The zero-order valence-corrected chi connectivity index (χ0v) is 18.4. The number of hydrogen-bond donors (Lipinski definition) is 0. The van der Waals surface area contributed by atoms with Crippen LogP contribution in [0, 0.1) is 0 Å². The van der Waals surface area contributed by atoms with Gasteiger partial charge in [-0.3, -0.25) is 13.9 Å². The zero-order valence-electron chi connectivity index (χ0n) is 16.8. The third-order valence-electron chi connectivity index (χ3n) is 4.89. The Morgan fingerprint density at radius 2 is 1.90 bits per heavy atom. The summed E-state index contributed by atoms with van der Waals surface area (Å²) in [5.74, 6) is 0.399. The van der Waals surface area contributed by atoms with E-state index in [0.717, 1.165) is 40.1 Å². The van der Waals surface area contributed by atoms with Crippen LogP contribution < -0.4 is 4.87 Å². The number of thioether (sulfide) groups is 1. The Balaban J connectivity index is 1.84. The molecule has 4 rings (SSSR count). The molecule has 31 heavy (non-hydrogen) atoms. The largest absolute Gasteiger partial charge is 0.416 e. The summed E-state index contributed by atoms with van der Waals surface area (Å²) in [6.45, 7) is 4.15. The first-order chi connectivity index (χ1) is 14.8. The van der Waals surface area contributed by atoms with Gasteiger partial charge in [0.1, 0.15) is 0 Å². The van der Waals surface area contributed by atoms with E-state index in [1.807, 2.05) is 38.1 Å². The highest BCUT2D eigenvalue weighted by atomic mass is 32.2. The van der Waals surface area contributed by atoms with Crippen molar-refractivity contribution in [3.63, 3.8) is 0 Å². The molecule has 0 amide bonds. The quantitative estimate of drug-likeness (QED) is 0.349. The molecular weight excluding hydrogens is 445 g/mol. The van der Waals surface area contributed by atoms with Crippen molar-refractivity contribution >= 4 is 33.3 Å². The van der Waals surface area contributed by atoms with Gasteiger partial charge in [0.05, 0.1) is 28.0 Å². The van der Waals surface area contributed by atoms with Crippen molar-refractivity contribution in [2.75, 3.05) is 0 Å². The molecule has 0 aliphatic heterocycles. The highest BCUT2D eigenvalue weighted by Gasteiger charge is 2.31. The van der Waals surface area contributed by atoms with Crippen LogP contribution in [0.5, 0.6) is 0 Å². The van der Waals surface area contributed by atoms with Gasteiger partial charge in [-0.05, 0) is 36.8 Å².